The summed E-state index contributed by atoms with van der Waals surface area (Å²) in [5, 5.41) is 62.9. The zero-order chi connectivity index (χ0) is 30.1. The predicted molar refractivity (Wildman–Crippen MR) is 130 cm³/mol. The maximum Gasteiger partial charge on any atom is 0.490 e. The molecule has 2 aromatic rings. The van der Waals surface area contributed by atoms with E-state index in [2.05, 4.69) is 38.6 Å². The Morgan fingerprint density at radius 1 is 1.19 bits per heavy atom. The van der Waals surface area contributed by atoms with Crippen molar-refractivity contribution in [1.82, 2.24) is 25.5 Å². The maximum atomic E-state index is 10.7. The molecule has 0 unspecified atom stereocenters. The first-order chi connectivity index (χ1) is 19.8. The van der Waals surface area contributed by atoms with E-state index < -0.39 is 55.1 Å². The number of aromatic hydroxyl groups is 1. The number of aliphatic carboxylic acids is 1. The van der Waals surface area contributed by atoms with Crippen LogP contribution in [0.15, 0.2) is 24.3 Å². The number of H-pyrrole nitrogens is 1. The van der Waals surface area contributed by atoms with Crippen LogP contribution >= 0.6 is 0 Å². The van der Waals surface area contributed by atoms with Crippen molar-refractivity contribution in [2.45, 2.75) is 73.4 Å². The molecule has 3 aliphatic heterocycles. The minimum absolute atomic E-state index is 0.0411. The van der Waals surface area contributed by atoms with E-state index in [-0.39, 0.29) is 22.9 Å². The number of alkyl halides is 3. The lowest BCUT2D eigenvalue weighted by molar-refractivity contribution is -0.314. The highest BCUT2D eigenvalue weighted by atomic mass is 19.4. The number of halogens is 3. The molecule has 6 N–H and O–H groups in total. The van der Waals surface area contributed by atoms with Gasteiger partial charge in [0.15, 0.2) is 23.9 Å². The summed E-state index contributed by atoms with van der Waals surface area (Å²) in [5.74, 6) is -1.93. The van der Waals surface area contributed by atoms with Gasteiger partial charge in [0, 0.05) is 22.9 Å². The van der Waals surface area contributed by atoms with Crippen LogP contribution in [0.25, 0.3) is 0 Å². The first kappa shape index (κ1) is 28.8. The molecule has 14 nitrogen and oxygen atoms in total. The van der Waals surface area contributed by atoms with Crippen LogP contribution in [0.3, 0.4) is 0 Å². The van der Waals surface area contributed by atoms with Gasteiger partial charge in [-0.05, 0) is 38.1 Å². The van der Waals surface area contributed by atoms with E-state index in [1.807, 2.05) is 12.1 Å². The Balaban J connectivity index is 0.000000405. The number of benzene rings is 1. The standard InChI is InChI=1S/C23H27N5O7.C2HF3O2/c1-28-7-6-23-10-3-5-13(20(23)34-18-12(29)4-2-9(14(18)23)8-11(10)28)33-22-17(32)15(30)16(31)19(35-22)21-24-26-27-25-21;3-2(4,5)1(6)7/h2-5,10-11,13,15-17,19-20,22,29-32H,6-8H2,1H3,(H,24,25,26,27);(H,6,7)/t10-,11+,13-,15-,16-,17+,19-,20-,22+,23-;/m0./s1. The first-order valence-electron chi connectivity index (χ1n) is 13.1. The lowest BCUT2D eigenvalue weighted by Gasteiger charge is -2.57. The molecule has 4 heterocycles. The number of aliphatic hydroxyl groups is 3. The number of aliphatic hydroxyl groups excluding tert-OH is 3. The SMILES string of the molecule is CN1CC[C@]23c4c5ccc(O)c4O[C@H]2[C@@H](O[C@@H]2O[C@H](c4nn[nH]n4)[C@@H](O)[C@H](O)[C@H]2O)C=C[C@H]3[C@H]1C5.O=C(O)C(F)(F)F. The number of hydrogen-bond acceptors (Lipinski definition) is 12. The Bertz CT molecular complexity index is 1380. The molecule has 7 rings (SSSR count). The van der Waals surface area contributed by atoms with E-state index in [0.717, 1.165) is 24.9 Å². The molecule has 0 amide bonds. The molecule has 2 aliphatic carbocycles. The van der Waals surface area contributed by atoms with Crippen LogP contribution in [0.2, 0.25) is 0 Å². The lowest BCUT2D eigenvalue weighted by atomic mass is 9.53. The molecule has 0 radical (unpaired) electrons. The Morgan fingerprint density at radius 2 is 1.93 bits per heavy atom. The van der Waals surface area contributed by atoms with Crippen LogP contribution in [-0.2, 0) is 26.1 Å². The van der Waals surface area contributed by atoms with Crippen molar-refractivity contribution in [3.8, 4) is 11.5 Å². The van der Waals surface area contributed by atoms with Gasteiger partial charge < -0.3 is 44.6 Å². The second kappa shape index (κ2) is 10.1. The number of likely N-dealkylation sites (tertiary alicyclic amines) is 1. The van der Waals surface area contributed by atoms with Crippen molar-refractivity contribution in [2.24, 2.45) is 5.92 Å². The lowest BCUT2D eigenvalue weighted by Crippen LogP contribution is -2.66. The summed E-state index contributed by atoms with van der Waals surface area (Å²) >= 11 is 0. The minimum Gasteiger partial charge on any atom is -0.504 e. The van der Waals surface area contributed by atoms with Gasteiger partial charge in [-0.1, -0.05) is 23.4 Å². The summed E-state index contributed by atoms with van der Waals surface area (Å²) in [6, 6.07) is 3.97. The van der Waals surface area contributed by atoms with Crippen molar-refractivity contribution in [2.75, 3.05) is 13.6 Å². The largest absolute Gasteiger partial charge is 0.504 e. The summed E-state index contributed by atoms with van der Waals surface area (Å²) in [6.45, 7) is 0.878. The molecular weight excluding hydrogens is 571 g/mol. The number of carbonyl (C=O) groups is 1. The van der Waals surface area contributed by atoms with Crippen molar-refractivity contribution in [1.29, 1.82) is 0 Å². The number of hydrogen-bond donors (Lipinski definition) is 6. The van der Waals surface area contributed by atoms with Crippen molar-refractivity contribution >= 4 is 5.97 Å². The minimum atomic E-state index is -5.08. The van der Waals surface area contributed by atoms with Crippen molar-refractivity contribution in [3.63, 3.8) is 0 Å². The molecule has 2 bridgehead atoms. The van der Waals surface area contributed by atoms with Crippen LogP contribution < -0.4 is 4.74 Å². The Labute approximate surface area is 235 Å². The van der Waals surface area contributed by atoms with E-state index in [0.29, 0.717) is 11.8 Å². The summed E-state index contributed by atoms with van der Waals surface area (Å²) in [5.41, 5.74) is 1.84. The summed E-state index contributed by atoms with van der Waals surface area (Å²) in [6.07, 6.45) is -7.36. The molecule has 2 saturated heterocycles. The molecular formula is C25H28F3N5O9. The van der Waals surface area contributed by atoms with E-state index in [9.17, 15) is 33.6 Å². The number of carboxylic acids is 1. The molecule has 2 fully saturated rings. The summed E-state index contributed by atoms with van der Waals surface area (Å²) in [7, 11) is 2.14. The average Bonchev–Trinajstić information content (AvgIpc) is 3.59. The molecule has 228 valence electrons. The van der Waals surface area contributed by atoms with Crippen LogP contribution in [0.5, 0.6) is 11.5 Å². The smallest absolute Gasteiger partial charge is 0.490 e. The van der Waals surface area contributed by atoms with Crippen molar-refractivity contribution < 1.29 is 57.7 Å². The number of ether oxygens (including phenoxy) is 3. The zero-order valence-corrected chi connectivity index (χ0v) is 21.9. The molecule has 0 saturated carbocycles. The fraction of sp³-hybridized carbons (Fsp3) is 0.600. The van der Waals surface area contributed by atoms with Gasteiger partial charge in [-0.25, -0.2) is 4.79 Å². The number of phenolic OH excluding ortho intramolecular Hbond substituents is 1. The number of piperidine rings is 1. The average molecular weight is 600 g/mol. The maximum absolute atomic E-state index is 10.7. The Morgan fingerprint density at radius 3 is 2.60 bits per heavy atom. The van der Waals surface area contributed by atoms with Crippen LogP contribution in [0.4, 0.5) is 13.2 Å². The number of tetrazole rings is 1. The number of likely N-dealkylation sites (N-methyl/N-ethyl adjacent to an activating group) is 1. The fourth-order valence-corrected chi connectivity index (χ4v) is 6.96. The number of nitrogens with zero attached hydrogens (tertiary/aromatic N) is 4. The van der Waals surface area contributed by atoms with Gasteiger partial charge in [-0.3, -0.25) is 0 Å². The van der Waals surface area contributed by atoms with E-state index in [1.165, 1.54) is 5.56 Å². The monoisotopic (exact) mass is 599 g/mol. The Hall–Kier alpha value is -3.35. The highest BCUT2D eigenvalue weighted by Gasteiger charge is 2.65. The topological polar surface area (TPSA) is 204 Å². The number of carboxylic acid groups (broad SMARTS) is 1. The molecule has 17 heteroatoms. The second-order valence-corrected chi connectivity index (χ2v) is 11.0. The summed E-state index contributed by atoms with van der Waals surface area (Å²) < 4.78 is 50.3. The molecule has 1 aromatic carbocycles. The first-order valence-corrected chi connectivity index (χ1v) is 13.1. The van der Waals surface area contributed by atoms with Crippen LogP contribution in [0, 0.1) is 5.92 Å². The van der Waals surface area contributed by atoms with Gasteiger partial charge in [0.1, 0.15) is 30.5 Å². The normalized spacial score (nSPS) is 38.2. The molecule has 5 aliphatic rings. The fourth-order valence-electron chi connectivity index (χ4n) is 6.96. The zero-order valence-electron chi connectivity index (χ0n) is 21.9. The predicted octanol–water partition coefficient (Wildman–Crippen LogP) is -0.451. The van der Waals surface area contributed by atoms with E-state index >= 15 is 0 Å². The van der Waals surface area contributed by atoms with E-state index in [1.54, 1.807) is 6.07 Å². The number of nitrogens with one attached hydrogen (secondary N) is 1. The van der Waals surface area contributed by atoms with Crippen LogP contribution in [0.1, 0.15) is 29.5 Å². The third-order valence-corrected chi connectivity index (χ3v) is 8.85. The van der Waals surface area contributed by atoms with Gasteiger partial charge in [-0.15, -0.1) is 10.2 Å². The quantitative estimate of drug-likeness (QED) is 0.248. The number of aromatic amines is 1. The number of phenols is 1. The highest BCUT2D eigenvalue weighted by Crippen LogP contribution is 2.62. The number of aromatic nitrogens is 4. The van der Waals surface area contributed by atoms with Gasteiger partial charge in [0.25, 0.3) is 0 Å². The molecule has 1 aromatic heterocycles. The highest BCUT2D eigenvalue weighted by molar-refractivity contribution is 5.73. The molecule has 1 spiro atoms. The summed E-state index contributed by atoms with van der Waals surface area (Å²) in [4.78, 5) is 11.3. The van der Waals surface area contributed by atoms with Gasteiger partial charge in [0.2, 0.25) is 5.82 Å². The van der Waals surface area contributed by atoms with Gasteiger partial charge in [-0.2, -0.15) is 18.4 Å². The van der Waals surface area contributed by atoms with Gasteiger partial charge in [0.05, 0.1) is 0 Å². The van der Waals surface area contributed by atoms with E-state index in [4.69, 9.17) is 24.1 Å². The Kier molecular flexibility index (Phi) is 6.94. The third-order valence-electron chi connectivity index (χ3n) is 8.85. The molecule has 42 heavy (non-hydrogen) atoms. The second-order valence-electron chi connectivity index (χ2n) is 11.0. The van der Waals surface area contributed by atoms with Crippen LogP contribution in [-0.4, -0.2) is 120 Å². The third kappa shape index (κ3) is 4.34. The van der Waals surface area contributed by atoms with Crippen molar-refractivity contribution in [3.05, 3.63) is 41.2 Å². The van der Waals surface area contributed by atoms with Gasteiger partial charge >= 0.3 is 12.1 Å². The number of rotatable bonds is 3. The molecule has 10 atom stereocenters.